The molecular weight excluding hydrogens is 284 g/mol. The largest absolute Gasteiger partial charge is 0.508 e. The summed E-state index contributed by atoms with van der Waals surface area (Å²) in [6.07, 6.45) is 5.06. The first-order valence-corrected chi connectivity index (χ1v) is 7.36. The fraction of sp³-hybridized carbons (Fsp3) is 0.400. The second-order valence-corrected chi connectivity index (χ2v) is 5.42. The van der Waals surface area contributed by atoms with Gasteiger partial charge in [-0.05, 0) is 49.9 Å². The lowest BCUT2D eigenvalue weighted by molar-refractivity contribution is 0.0205. The average molecular weight is 302 g/mol. The number of nitrogens with zero attached hydrogens (tertiary/aromatic N) is 3. The molecule has 1 aromatic carbocycles. The summed E-state index contributed by atoms with van der Waals surface area (Å²) in [5.74, 6) is -0.264. The second kappa shape index (κ2) is 6.05. The average Bonchev–Trinajstić information content (AvgIpc) is 2.91. The van der Waals surface area contributed by atoms with Gasteiger partial charge < -0.3 is 15.6 Å². The molecule has 0 saturated heterocycles. The van der Waals surface area contributed by atoms with Crippen LogP contribution in [0, 0.1) is 0 Å². The van der Waals surface area contributed by atoms with Crippen LogP contribution in [0.1, 0.15) is 42.6 Å². The van der Waals surface area contributed by atoms with Gasteiger partial charge in [0.05, 0.1) is 5.69 Å². The normalized spacial score (nSPS) is 15.6. The van der Waals surface area contributed by atoms with Crippen molar-refractivity contribution in [2.24, 2.45) is 0 Å². The molecule has 1 aliphatic rings. The predicted molar refractivity (Wildman–Crippen MR) is 79.7 cm³/mol. The summed E-state index contributed by atoms with van der Waals surface area (Å²) in [5.41, 5.74) is 6.59. The molecule has 1 aromatic heterocycles. The van der Waals surface area contributed by atoms with E-state index in [-0.39, 0.29) is 23.4 Å². The Morgan fingerprint density at radius 2 is 1.91 bits per heavy atom. The minimum atomic E-state index is -0.533. The van der Waals surface area contributed by atoms with Gasteiger partial charge in [-0.1, -0.05) is 11.6 Å². The maximum atomic E-state index is 12.2. The van der Waals surface area contributed by atoms with Crippen molar-refractivity contribution >= 4 is 11.8 Å². The van der Waals surface area contributed by atoms with E-state index in [1.807, 2.05) is 0 Å². The Morgan fingerprint density at radius 3 is 2.59 bits per heavy atom. The molecule has 1 saturated carbocycles. The Bertz CT molecular complexity index is 660. The van der Waals surface area contributed by atoms with E-state index in [2.05, 4.69) is 10.3 Å². The number of nitrogen functional groups attached to an aromatic ring is 1. The van der Waals surface area contributed by atoms with E-state index < -0.39 is 5.97 Å². The van der Waals surface area contributed by atoms with Crippen molar-refractivity contribution < 1.29 is 14.6 Å². The van der Waals surface area contributed by atoms with Crippen molar-refractivity contribution in [2.75, 3.05) is 5.73 Å². The van der Waals surface area contributed by atoms with Crippen LogP contribution >= 0.6 is 0 Å². The van der Waals surface area contributed by atoms with Gasteiger partial charge in [0.1, 0.15) is 11.9 Å². The number of benzene rings is 1. The second-order valence-electron chi connectivity index (χ2n) is 5.42. The number of aromatic nitrogens is 3. The Kier molecular flexibility index (Phi) is 3.95. The number of esters is 1. The number of carbonyl (C=O) groups is 1. The zero-order chi connectivity index (χ0) is 15.5. The van der Waals surface area contributed by atoms with Gasteiger partial charge in [0.25, 0.3) is 0 Å². The molecule has 116 valence electrons. The maximum absolute atomic E-state index is 12.2. The third kappa shape index (κ3) is 2.88. The standard InChI is InChI=1S/C15H18N4O3/c16-14-13(15(21)22-12-4-2-1-3-5-12)17-18-19(14)10-6-8-11(20)9-7-10/h6-9,12,20H,1-5,16H2. The first kappa shape index (κ1) is 14.4. The smallest absolute Gasteiger partial charge is 0.363 e. The van der Waals surface area contributed by atoms with Crippen molar-refractivity contribution in [1.29, 1.82) is 0 Å². The van der Waals surface area contributed by atoms with E-state index in [9.17, 15) is 9.90 Å². The minimum absolute atomic E-state index is 0.0265. The minimum Gasteiger partial charge on any atom is -0.508 e. The van der Waals surface area contributed by atoms with Gasteiger partial charge in [-0.2, -0.15) is 4.68 Å². The molecule has 1 aliphatic carbocycles. The van der Waals surface area contributed by atoms with E-state index in [0.29, 0.717) is 5.69 Å². The summed E-state index contributed by atoms with van der Waals surface area (Å²) in [6.45, 7) is 0. The van der Waals surface area contributed by atoms with E-state index in [4.69, 9.17) is 10.5 Å². The number of ether oxygens (including phenoxy) is 1. The van der Waals surface area contributed by atoms with Crippen molar-refractivity contribution in [3.63, 3.8) is 0 Å². The van der Waals surface area contributed by atoms with Gasteiger partial charge in [0.2, 0.25) is 5.69 Å². The van der Waals surface area contributed by atoms with Crippen LogP contribution in [0.5, 0.6) is 5.75 Å². The van der Waals surface area contributed by atoms with Gasteiger partial charge >= 0.3 is 5.97 Å². The molecule has 7 nitrogen and oxygen atoms in total. The summed E-state index contributed by atoms with van der Waals surface area (Å²) in [7, 11) is 0. The Hall–Kier alpha value is -2.57. The Labute approximate surface area is 127 Å². The molecule has 1 heterocycles. The number of nitrogens with two attached hydrogens (primary N) is 1. The lowest BCUT2D eigenvalue weighted by atomic mass is 9.98. The highest BCUT2D eigenvalue weighted by Crippen LogP contribution is 2.23. The van der Waals surface area contributed by atoms with Crippen LogP contribution in [0.2, 0.25) is 0 Å². The van der Waals surface area contributed by atoms with Gasteiger partial charge in [-0.25, -0.2) is 4.79 Å². The number of phenolic OH excluding ortho intramolecular Hbond substituents is 1. The van der Waals surface area contributed by atoms with E-state index >= 15 is 0 Å². The van der Waals surface area contributed by atoms with Crippen LogP contribution < -0.4 is 5.73 Å². The monoisotopic (exact) mass is 302 g/mol. The summed E-state index contributed by atoms with van der Waals surface area (Å²) in [4.78, 5) is 12.2. The number of hydrogen-bond acceptors (Lipinski definition) is 6. The highest BCUT2D eigenvalue weighted by molar-refractivity contribution is 5.92. The van der Waals surface area contributed by atoms with Crippen LogP contribution in [-0.2, 0) is 4.74 Å². The third-order valence-corrected chi connectivity index (χ3v) is 3.82. The molecule has 0 unspecified atom stereocenters. The maximum Gasteiger partial charge on any atom is 0.363 e. The van der Waals surface area contributed by atoms with Crippen molar-refractivity contribution in [2.45, 2.75) is 38.2 Å². The Balaban J connectivity index is 1.77. The fourth-order valence-electron chi connectivity index (χ4n) is 2.61. The summed E-state index contributed by atoms with van der Waals surface area (Å²) in [6, 6.07) is 6.29. The molecule has 0 atom stereocenters. The number of phenols is 1. The number of carbonyl (C=O) groups excluding carboxylic acids is 1. The quantitative estimate of drug-likeness (QED) is 0.841. The van der Waals surface area contributed by atoms with E-state index in [1.54, 1.807) is 12.1 Å². The number of hydrogen-bond donors (Lipinski definition) is 2. The molecule has 0 spiro atoms. The van der Waals surface area contributed by atoms with Crippen LogP contribution in [0.15, 0.2) is 24.3 Å². The van der Waals surface area contributed by atoms with Crippen molar-refractivity contribution in [3.05, 3.63) is 30.0 Å². The number of aromatic hydroxyl groups is 1. The van der Waals surface area contributed by atoms with E-state index in [1.165, 1.54) is 23.2 Å². The summed E-state index contributed by atoms with van der Waals surface area (Å²) >= 11 is 0. The van der Waals surface area contributed by atoms with Gasteiger partial charge in [-0.15, -0.1) is 5.10 Å². The first-order valence-electron chi connectivity index (χ1n) is 7.36. The molecule has 7 heteroatoms. The molecule has 22 heavy (non-hydrogen) atoms. The molecular formula is C15H18N4O3. The summed E-state index contributed by atoms with van der Waals surface area (Å²) < 4.78 is 6.80. The van der Waals surface area contributed by atoms with Crippen LogP contribution in [0.3, 0.4) is 0 Å². The van der Waals surface area contributed by atoms with Crippen LogP contribution in [-0.4, -0.2) is 32.2 Å². The topological polar surface area (TPSA) is 103 Å². The highest BCUT2D eigenvalue weighted by atomic mass is 16.5. The summed E-state index contributed by atoms with van der Waals surface area (Å²) in [5, 5.41) is 17.0. The molecule has 0 bridgehead atoms. The zero-order valence-corrected chi connectivity index (χ0v) is 12.1. The van der Waals surface area contributed by atoms with Crippen LogP contribution in [0.25, 0.3) is 5.69 Å². The lowest BCUT2D eigenvalue weighted by Gasteiger charge is -2.21. The van der Waals surface area contributed by atoms with Crippen molar-refractivity contribution in [3.8, 4) is 11.4 Å². The van der Waals surface area contributed by atoms with Crippen molar-refractivity contribution in [1.82, 2.24) is 15.0 Å². The number of anilines is 1. The molecule has 0 amide bonds. The molecule has 2 aromatic rings. The molecule has 3 rings (SSSR count). The first-order chi connectivity index (χ1) is 10.6. The molecule has 3 N–H and O–H groups in total. The van der Waals surface area contributed by atoms with Gasteiger partial charge in [-0.3, -0.25) is 0 Å². The SMILES string of the molecule is Nc1c(C(=O)OC2CCCCC2)nnn1-c1ccc(O)cc1. The highest BCUT2D eigenvalue weighted by Gasteiger charge is 2.24. The Morgan fingerprint density at radius 1 is 1.23 bits per heavy atom. The molecule has 1 fully saturated rings. The predicted octanol–water partition coefficient (Wildman–Crippen LogP) is 2.04. The van der Waals surface area contributed by atoms with Crippen LogP contribution in [0.4, 0.5) is 5.82 Å². The molecule has 0 radical (unpaired) electrons. The van der Waals surface area contributed by atoms with Gasteiger partial charge in [0.15, 0.2) is 5.82 Å². The third-order valence-electron chi connectivity index (χ3n) is 3.82. The zero-order valence-electron chi connectivity index (χ0n) is 12.1. The fourth-order valence-corrected chi connectivity index (χ4v) is 2.61. The number of rotatable bonds is 3. The van der Waals surface area contributed by atoms with Gasteiger partial charge in [0, 0.05) is 0 Å². The lowest BCUT2D eigenvalue weighted by Crippen LogP contribution is -2.21. The molecule has 0 aliphatic heterocycles. The van der Waals surface area contributed by atoms with E-state index in [0.717, 1.165) is 25.7 Å².